The second-order valence-corrected chi connectivity index (χ2v) is 8.50. The molecule has 28 heavy (non-hydrogen) atoms. The molecule has 3 atom stereocenters. The molecular formula is C23H37ClN2O2. The second-order valence-electron chi connectivity index (χ2n) is 8.50. The van der Waals surface area contributed by atoms with Crippen LogP contribution in [-0.2, 0) is 16.0 Å². The van der Waals surface area contributed by atoms with Crippen molar-refractivity contribution in [2.75, 3.05) is 32.8 Å². The van der Waals surface area contributed by atoms with E-state index in [2.05, 4.69) is 48.3 Å². The number of amides is 1. The maximum Gasteiger partial charge on any atom is 0.222 e. The molecule has 0 aliphatic carbocycles. The Morgan fingerprint density at radius 2 is 2.04 bits per heavy atom. The highest BCUT2D eigenvalue weighted by atomic mass is 35.5. The summed E-state index contributed by atoms with van der Waals surface area (Å²) in [5.74, 6) is 1.37. The Balaban J connectivity index is 0.00000280. The number of nitrogens with zero attached hydrogens (tertiary/aromatic N) is 1. The number of hydrogen-bond donors (Lipinski definition) is 1. The first-order valence-electron chi connectivity index (χ1n) is 10.8. The number of benzene rings is 1. The molecule has 3 unspecified atom stereocenters. The minimum atomic E-state index is 0. The first-order valence-corrected chi connectivity index (χ1v) is 10.8. The predicted molar refractivity (Wildman–Crippen MR) is 117 cm³/mol. The van der Waals surface area contributed by atoms with Gasteiger partial charge in [-0.15, -0.1) is 12.4 Å². The standard InChI is InChI=1S/C23H36N2O2.ClH/c1-18-7-9-20(10-8-18)11-13-25(17-22-6-4-14-27-22)23(26)15-19(2)21-5-3-12-24-16-21;/h7-10,19,21-22,24H,3-6,11-17H2,1-2H3;1H. The van der Waals surface area contributed by atoms with Crippen LogP contribution in [-0.4, -0.2) is 49.7 Å². The van der Waals surface area contributed by atoms with E-state index in [1.807, 2.05) is 0 Å². The summed E-state index contributed by atoms with van der Waals surface area (Å²) in [6.07, 6.45) is 6.47. The molecule has 2 fully saturated rings. The van der Waals surface area contributed by atoms with E-state index in [4.69, 9.17) is 4.74 Å². The highest BCUT2D eigenvalue weighted by Gasteiger charge is 2.26. The van der Waals surface area contributed by atoms with Gasteiger partial charge in [0.05, 0.1) is 6.10 Å². The molecule has 1 amide bonds. The quantitative estimate of drug-likeness (QED) is 0.707. The molecule has 4 nitrogen and oxygen atoms in total. The third kappa shape index (κ3) is 7.06. The Morgan fingerprint density at radius 3 is 2.68 bits per heavy atom. The molecule has 1 aromatic rings. The fraction of sp³-hybridized carbons (Fsp3) is 0.696. The van der Waals surface area contributed by atoms with Gasteiger partial charge in [-0.1, -0.05) is 36.8 Å². The number of aryl methyl sites for hydroxylation is 1. The van der Waals surface area contributed by atoms with E-state index in [-0.39, 0.29) is 18.5 Å². The predicted octanol–water partition coefficient (Wildman–Crippen LogP) is 3.99. The lowest BCUT2D eigenvalue weighted by Gasteiger charge is -2.31. The maximum absolute atomic E-state index is 13.1. The highest BCUT2D eigenvalue weighted by Crippen LogP contribution is 2.24. The fourth-order valence-corrected chi connectivity index (χ4v) is 4.31. The van der Waals surface area contributed by atoms with Gasteiger partial charge in [0, 0.05) is 26.1 Å². The van der Waals surface area contributed by atoms with Gasteiger partial charge in [0.1, 0.15) is 0 Å². The summed E-state index contributed by atoms with van der Waals surface area (Å²) in [5, 5.41) is 3.48. The van der Waals surface area contributed by atoms with Gasteiger partial charge in [0.15, 0.2) is 0 Å². The molecule has 3 rings (SSSR count). The van der Waals surface area contributed by atoms with E-state index < -0.39 is 0 Å². The van der Waals surface area contributed by atoms with Crippen LogP contribution >= 0.6 is 12.4 Å². The van der Waals surface area contributed by atoms with Crippen LogP contribution in [0.5, 0.6) is 0 Å². The largest absolute Gasteiger partial charge is 0.376 e. The molecule has 2 aliphatic heterocycles. The van der Waals surface area contributed by atoms with Crippen LogP contribution in [0.3, 0.4) is 0 Å². The fourth-order valence-electron chi connectivity index (χ4n) is 4.31. The molecule has 0 radical (unpaired) electrons. The molecule has 2 saturated heterocycles. The van der Waals surface area contributed by atoms with Crippen molar-refractivity contribution in [1.82, 2.24) is 10.2 Å². The third-order valence-electron chi connectivity index (χ3n) is 6.23. The van der Waals surface area contributed by atoms with Crippen LogP contribution in [0, 0.1) is 18.8 Å². The van der Waals surface area contributed by atoms with Crippen molar-refractivity contribution < 1.29 is 9.53 Å². The third-order valence-corrected chi connectivity index (χ3v) is 6.23. The second kappa shape index (κ2) is 11.8. The highest BCUT2D eigenvalue weighted by molar-refractivity contribution is 5.85. The summed E-state index contributed by atoms with van der Waals surface area (Å²) in [6.45, 7) is 8.92. The van der Waals surface area contributed by atoms with Gasteiger partial charge in [-0.2, -0.15) is 0 Å². The van der Waals surface area contributed by atoms with Crippen molar-refractivity contribution in [1.29, 1.82) is 0 Å². The van der Waals surface area contributed by atoms with Crippen molar-refractivity contribution in [3.05, 3.63) is 35.4 Å². The smallest absolute Gasteiger partial charge is 0.222 e. The van der Waals surface area contributed by atoms with E-state index in [1.54, 1.807) is 0 Å². The van der Waals surface area contributed by atoms with E-state index in [0.29, 0.717) is 24.2 Å². The first kappa shape index (κ1) is 23.2. The average Bonchev–Trinajstić information content (AvgIpc) is 3.20. The summed E-state index contributed by atoms with van der Waals surface area (Å²) in [4.78, 5) is 15.2. The lowest BCUT2D eigenvalue weighted by Crippen LogP contribution is -2.41. The zero-order valence-electron chi connectivity index (χ0n) is 17.5. The van der Waals surface area contributed by atoms with Gasteiger partial charge in [-0.3, -0.25) is 4.79 Å². The van der Waals surface area contributed by atoms with Crippen molar-refractivity contribution in [3.63, 3.8) is 0 Å². The lowest BCUT2D eigenvalue weighted by atomic mass is 9.85. The van der Waals surface area contributed by atoms with Crippen LogP contribution in [0.15, 0.2) is 24.3 Å². The Labute approximate surface area is 176 Å². The summed E-state index contributed by atoms with van der Waals surface area (Å²) in [5.41, 5.74) is 2.58. The molecule has 1 aromatic carbocycles. The van der Waals surface area contributed by atoms with Crippen LogP contribution in [0.25, 0.3) is 0 Å². The lowest BCUT2D eigenvalue weighted by molar-refractivity contribution is -0.134. The van der Waals surface area contributed by atoms with Gasteiger partial charge >= 0.3 is 0 Å². The van der Waals surface area contributed by atoms with Crippen LogP contribution < -0.4 is 5.32 Å². The van der Waals surface area contributed by atoms with Crippen molar-refractivity contribution in [2.24, 2.45) is 11.8 Å². The molecule has 5 heteroatoms. The summed E-state index contributed by atoms with van der Waals surface area (Å²) in [6, 6.07) is 8.67. The average molecular weight is 409 g/mol. The van der Waals surface area contributed by atoms with Crippen LogP contribution in [0.4, 0.5) is 0 Å². The molecule has 0 saturated carbocycles. The van der Waals surface area contributed by atoms with E-state index in [0.717, 1.165) is 52.0 Å². The van der Waals surface area contributed by atoms with Crippen molar-refractivity contribution in [3.8, 4) is 0 Å². The van der Waals surface area contributed by atoms with E-state index in [1.165, 1.54) is 24.0 Å². The Morgan fingerprint density at radius 1 is 1.25 bits per heavy atom. The van der Waals surface area contributed by atoms with Crippen LogP contribution in [0.2, 0.25) is 0 Å². The number of carbonyl (C=O) groups excluding carboxylic acids is 1. The molecule has 0 bridgehead atoms. The number of rotatable bonds is 8. The van der Waals surface area contributed by atoms with E-state index >= 15 is 0 Å². The minimum absolute atomic E-state index is 0. The monoisotopic (exact) mass is 408 g/mol. The summed E-state index contributed by atoms with van der Waals surface area (Å²) < 4.78 is 5.82. The molecule has 2 heterocycles. The van der Waals surface area contributed by atoms with Crippen molar-refractivity contribution >= 4 is 18.3 Å². The summed E-state index contributed by atoms with van der Waals surface area (Å²) >= 11 is 0. The maximum atomic E-state index is 13.1. The van der Waals surface area contributed by atoms with Gasteiger partial charge < -0.3 is 15.0 Å². The first-order chi connectivity index (χ1) is 13.1. The number of halogens is 1. The van der Waals surface area contributed by atoms with Gasteiger partial charge in [0.25, 0.3) is 0 Å². The molecule has 1 N–H and O–H groups in total. The number of hydrogen-bond acceptors (Lipinski definition) is 3. The van der Waals surface area contributed by atoms with Crippen LogP contribution in [0.1, 0.15) is 50.2 Å². The number of ether oxygens (including phenoxy) is 1. The van der Waals surface area contributed by atoms with E-state index in [9.17, 15) is 4.79 Å². The zero-order chi connectivity index (χ0) is 19.1. The van der Waals surface area contributed by atoms with Gasteiger partial charge in [-0.25, -0.2) is 0 Å². The normalized spacial score (nSPS) is 23.1. The Bertz CT molecular complexity index is 581. The minimum Gasteiger partial charge on any atom is -0.376 e. The number of piperidine rings is 1. The van der Waals surface area contributed by atoms with Gasteiger partial charge in [-0.05, 0) is 69.5 Å². The molecular weight excluding hydrogens is 372 g/mol. The Kier molecular flexibility index (Phi) is 9.76. The molecule has 2 aliphatic rings. The summed E-state index contributed by atoms with van der Waals surface area (Å²) in [7, 11) is 0. The molecule has 0 spiro atoms. The molecule has 0 aromatic heterocycles. The topological polar surface area (TPSA) is 41.6 Å². The Hall–Kier alpha value is -1.10. The van der Waals surface area contributed by atoms with Gasteiger partial charge in [0.2, 0.25) is 5.91 Å². The van der Waals surface area contributed by atoms with Crippen molar-refractivity contribution in [2.45, 2.75) is 58.5 Å². The number of nitrogens with one attached hydrogen (secondary N) is 1. The number of carbonyl (C=O) groups is 1. The SMILES string of the molecule is Cc1ccc(CCN(CC2CCCO2)C(=O)CC(C)C2CCCNC2)cc1.Cl. The zero-order valence-corrected chi connectivity index (χ0v) is 18.3. The molecule has 158 valence electrons.